The number of halogens is 3. The number of anilines is 1. The summed E-state index contributed by atoms with van der Waals surface area (Å²) in [6.07, 6.45) is -3.00. The highest BCUT2D eigenvalue weighted by Crippen LogP contribution is 2.32. The maximum absolute atomic E-state index is 13.1. The first-order valence-corrected chi connectivity index (χ1v) is 10.3. The molecule has 0 aliphatic carbocycles. The molecule has 0 saturated heterocycles. The highest BCUT2D eigenvalue weighted by atomic mass is 19.4. The minimum absolute atomic E-state index is 0.0678. The maximum Gasteiger partial charge on any atom is 0.416 e. The third-order valence-corrected chi connectivity index (χ3v) is 5.04. The van der Waals surface area contributed by atoms with Crippen molar-refractivity contribution < 1.29 is 22.7 Å². The standard InChI is InChI=1S/C24H25F3N4O2/c1-16-3-4-18(13-21(16)24(25,26)27)12-19(32)11-17-5-7-20(8-6-17)33-23-14-22(29-15-30-23)31(2)10-9-28/h3-8,13-15H,9-12,28H2,1-2H3. The molecule has 174 valence electrons. The van der Waals surface area contributed by atoms with Gasteiger partial charge in [0.05, 0.1) is 5.56 Å². The van der Waals surface area contributed by atoms with Crippen LogP contribution in [0.4, 0.5) is 19.0 Å². The lowest BCUT2D eigenvalue weighted by Crippen LogP contribution is -2.25. The first-order valence-electron chi connectivity index (χ1n) is 10.3. The zero-order valence-corrected chi connectivity index (χ0v) is 18.4. The normalized spacial score (nSPS) is 11.3. The number of carbonyl (C=O) groups is 1. The molecule has 2 N–H and O–H groups in total. The number of hydrogen-bond donors (Lipinski definition) is 1. The van der Waals surface area contributed by atoms with E-state index in [1.54, 1.807) is 36.4 Å². The van der Waals surface area contributed by atoms with E-state index in [4.69, 9.17) is 10.5 Å². The Morgan fingerprint density at radius 2 is 1.70 bits per heavy atom. The molecule has 9 heteroatoms. The molecule has 3 rings (SSSR count). The second-order valence-electron chi connectivity index (χ2n) is 7.71. The molecule has 0 fully saturated rings. The molecule has 0 bridgehead atoms. The van der Waals surface area contributed by atoms with Gasteiger partial charge in [0.15, 0.2) is 0 Å². The van der Waals surface area contributed by atoms with Gasteiger partial charge in [0.1, 0.15) is 23.7 Å². The van der Waals surface area contributed by atoms with Gasteiger partial charge in [-0.2, -0.15) is 13.2 Å². The first-order chi connectivity index (χ1) is 15.7. The molecule has 0 radical (unpaired) electrons. The van der Waals surface area contributed by atoms with Crippen molar-refractivity contribution in [2.45, 2.75) is 25.9 Å². The average Bonchev–Trinajstić information content (AvgIpc) is 2.76. The highest BCUT2D eigenvalue weighted by molar-refractivity contribution is 5.83. The van der Waals surface area contributed by atoms with Gasteiger partial charge in [-0.25, -0.2) is 9.97 Å². The molecule has 0 aliphatic heterocycles. The zero-order valence-electron chi connectivity index (χ0n) is 18.4. The van der Waals surface area contributed by atoms with Crippen LogP contribution in [0.5, 0.6) is 11.6 Å². The van der Waals surface area contributed by atoms with E-state index < -0.39 is 11.7 Å². The number of ketones is 1. The van der Waals surface area contributed by atoms with Crippen LogP contribution >= 0.6 is 0 Å². The van der Waals surface area contributed by atoms with Gasteiger partial charge < -0.3 is 15.4 Å². The second kappa shape index (κ2) is 10.4. The molecule has 1 aromatic heterocycles. The minimum atomic E-state index is -4.44. The van der Waals surface area contributed by atoms with E-state index in [1.165, 1.54) is 19.3 Å². The fourth-order valence-electron chi connectivity index (χ4n) is 3.30. The van der Waals surface area contributed by atoms with Crippen LogP contribution in [0, 0.1) is 6.92 Å². The molecule has 6 nitrogen and oxygen atoms in total. The van der Waals surface area contributed by atoms with Gasteiger partial charge in [-0.3, -0.25) is 4.79 Å². The molecule has 0 aliphatic rings. The number of nitrogens with zero attached hydrogens (tertiary/aromatic N) is 3. The van der Waals surface area contributed by atoms with Crippen molar-refractivity contribution in [3.05, 3.63) is 77.1 Å². The number of aryl methyl sites for hydroxylation is 1. The van der Waals surface area contributed by atoms with E-state index in [0.29, 0.717) is 36.1 Å². The van der Waals surface area contributed by atoms with Crippen molar-refractivity contribution in [1.29, 1.82) is 0 Å². The predicted octanol–water partition coefficient (Wildman–Crippen LogP) is 4.35. The van der Waals surface area contributed by atoms with Crippen molar-refractivity contribution in [1.82, 2.24) is 9.97 Å². The van der Waals surface area contributed by atoms with Gasteiger partial charge >= 0.3 is 6.18 Å². The third-order valence-electron chi connectivity index (χ3n) is 5.04. The quantitative estimate of drug-likeness (QED) is 0.514. The van der Waals surface area contributed by atoms with Gasteiger partial charge in [-0.05, 0) is 41.8 Å². The van der Waals surface area contributed by atoms with Crippen molar-refractivity contribution in [2.75, 3.05) is 25.0 Å². The number of likely N-dealkylation sites (N-methyl/N-ethyl adjacent to an activating group) is 1. The minimum Gasteiger partial charge on any atom is -0.439 e. The fourth-order valence-corrected chi connectivity index (χ4v) is 3.30. The van der Waals surface area contributed by atoms with Crippen molar-refractivity contribution in [3.63, 3.8) is 0 Å². The molecule has 0 atom stereocenters. The molecule has 0 saturated carbocycles. The highest BCUT2D eigenvalue weighted by Gasteiger charge is 2.32. The number of aromatic nitrogens is 2. The Morgan fingerprint density at radius 3 is 2.36 bits per heavy atom. The summed E-state index contributed by atoms with van der Waals surface area (Å²) < 4.78 is 45.0. The molecule has 0 spiro atoms. The van der Waals surface area contributed by atoms with E-state index in [2.05, 4.69) is 9.97 Å². The lowest BCUT2D eigenvalue weighted by molar-refractivity contribution is -0.138. The Morgan fingerprint density at radius 1 is 1.03 bits per heavy atom. The van der Waals surface area contributed by atoms with Crippen LogP contribution in [0.15, 0.2) is 54.9 Å². The Kier molecular flexibility index (Phi) is 7.65. The number of hydrogen-bond acceptors (Lipinski definition) is 6. The van der Waals surface area contributed by atoms with Crippen LogP contribution in [0.2, 0.25) is 0 Å². The van der Waals surface area contributed by atoms with Gasteiger partial charge in [0.25, 0.3) is 0 Å². The van der Waals surface area contributed by atoms with Crippen LogP contribution in [0.1, 0.15) is 22.3 Å². The SMILES string of the molecule is Cc1ccc(CC(=O)Cc2ccc(Oc3cc(N(C)CCN)ncn3)cc2)cc1C(F)(F)F. The van der Waals surface area contributed by atoms with E-state index >= 15 is 0 Å². The number of Topliss-reactive ketones (excluding diaryl/α,β-unsaturated/α-hetero) is 1. The monoisotopic (exact) mass is 458 g/mol. The van der Waals surface area contributed by atoms with E-state index in [0.717, 1.165) is 11.6 Å². The number of alkyl halides is 3. The molecule has 2 aromatic carbocycles. The molecule has 33 heavy (non-hydrogen) atoms. The number of rotatable bonds is 9. The zero-order chi connectivity index (χ0) is 24.0. The van der Waals surface area contributed by atoms with Crippen LogP contribution in [-0.4, -0.2) is 35.9 Å². The van der Waals surface area contributed by atoms with Crippen LogP contribution in [0.3, 0.4) is 0 Å². The van der Waals surface area contributed by atoms with Crippen LogP contribution in [0.25, 0.3) is 0 Å². The predicted molar refractivity (Wildman–Crippen MR) is 119 cm³/mol. The number of benzene rings is 2. The maximum atomic E-state index is 13.1. The summed E-state index contributed by atoms with van der Waals surface area (Å²) in [5.41, 5.74) is 6.07. The summed E-state index contributed by atoms with van der Waals surface area (Å²) in [7, 11) is 1.87. The number of carbonyl (C=O) groups excluding carboxylic acids is 1. The van der Waals surface area contributed by atoms with Gasteiger partial charge in [0.2, 0.25) is 5.88 Å². The Labute approximate surface area is 190 Å². The summed E-state index contributed by atoms with van der Waals surface area (Å²) in [5.74, 6) is 1.40. The topological polar surface area (TPSA) is 81.3 Å². The van der Waals surface area contributed by atoms with Crippen molar-refractivity contribution in [3.8, 4) is 11.6 Å². The molecular weight excluding hydrogens is 433 g/mol. The number of ether oxygens (including phenoxy) is 1. The summed E-state index contributed by atoms with van der Waals surface area (Å²) >= 11 is 0. The Hall–Kier alpha value is -3.46. The molecule has 1 heterocycles. The molecular formula is C24H25F3N4O2. The summed E-state index contributed by atoms with van der Waals surface area (Å²) in [4.78, 5) is 22.6. The van der Waals surface area contributed by atoms with E-state index in [1.807, 2.05) is 11.9 Å². The first kappa shape index (κ1) is 24.2. The van der Waals surface area contributed by atoms with Crippen molar-refractivity contribution >= 4 is 11.6 Å². The smallest absolute Gasteiger partial charge is 0.416 e. The molecule has 3 aromatic rings. The lowest BCUT2D eigenvalue weighted by atomic mass is 9.99. The summed E-state index contributed by atoms with van der Waals surface area (Å²) in [6.45, 7) is 2.53. The molecule has 0 amide bonds. The fraction of sp³-hybridized carbons (Fsp3) is 0.292. The van der Waals surface area contributed by atoms with Gasteiger partial charge in [-0.1, -0.05) is 24.3 Å². The van der Waals surface area contributed by atoms with Crippen LogP contribution in [-0.2, 0) is 23.8 Å². The van der Waals surface area contributed by atoms with Crippen LogP contribution < -0.4 is 15.4 Å². The van der Waals surface area contributed by atoms with Crippen molar-refractivity contribution in [2.24, 2.45) is 5.73 Å². The summed E-state index contributed by atoms with van der Waals surface area (Å²) in [6, 6.07) is 12.6. The average molecular weight is 458 g/mol. The van der Waals surface area contributed by atoms with Gasteiger partial charge in [-0.15, -0.1) is 0 Å². The lowest BCUT2D eigenvalue weighted by Gasteiger charge is -2.17. The van der Waals surface area contributed by atoms with E-state index in [-0.39, 0.29) is 24.2 Å². The third kappa shape index (κ3) is 6.76. The van der Waals surface area contributed by atoms with E-state index in [9.17, 15) is 18.0 Å². The van der Waals surface area contributed by atoms with Gasteiger partial charge in [0, 0.05) is 39.0 Å². The largest absolute Gasteiger partial charge is 0.439 e. The molecule has 0 unspecified atom stereocenters. The second-order valence-corrected chi connectivity index (χ2v) is 7.71. The Bertz CT molecular complexity index is 1100. The number of nitrogens with two attached hydrogens (primary N) is 1. The Balaban J connectivity index is 1.61. The summed E-state index contributed by atoms with van der Waals surface area (Å²) in [5, 5.41) is 0.